The molecule has 0 aliphatic heterocycles. The third-order valence-electron chi connectivity index (χ3n) is 6.42. The van der Waals surface area contributed by atoms with Crippen LogP contribution in [0.5, 0.6) is 0 Å². The third-order valence-corrected chi connectivity index (χ3v) is 8.17. The summed E-state index contributed by atoms with van der Waals surface area (Å²) in [5.41, 5.74) is 2.86. The number of esters is 1. The zero-order valence-electron chi connectivity index (χ0n) is 20.2. The highest BCUT2D eigenvalue weighted by atomic mass is 32.2. The van der Waals surface area contributed by atoms with Crippen LogP contribution in [-0.4, -0.2) is 31.0 Å². The van der Waals surface area contributed by atoms with E-state index < -0.39 is 16.0 Å². The zero-order chi connectivity index (χ0) is 25.3. The van der Waals surface area contributed by atoms with Crippen LogP contribution in [0, 0.1) is 6.92 Å². The maximum Gasteiger partial charge on any atom is 0.338 e. The SMILES string of the molecule is CCOC(=O)c1ccc(S(=O)(=O)N(Cc2ccc(C3CC3)cn2)c2ncc3ccccc3c2C)cc1. The molecule has 0 atom stereocenters. The monoisotopic (exact) mass is 501 g/mol. The van der Waals surface area contributed by atoms with Gasteiger partial charge in [-0.2, -0.15) is 0 Å². The molecule has 5 rings (SSSR count). The summed E-state index contributed by atoms with van der Waals surface area (Å²) >= 11 is 0. The van der Waals surface area contributed by atoms with Crippen molar-refractivity contribution in [2.24, 2.45) is 0 Å². The molecule has 0 unspecified atom stereocenters. The van der Waals surface area contributed by atoms with Gasteiger partial charge in [-0.15, -0.1) is 0 Å². The van der Waals surface area contributed by atoms with Crippen molar-refractivity contribution in [1.29, 1.82) is 0 Å². The number of aryl methyl sites for hydroxylation is 1. The minimum absolute atomic E-state index is 0.0269. The predicted molar refractivity (Wildman–Crippen MR) is 138 cm³/mol. The number of fused-ring (bicyclic) bond motifs is 1. The van der Waals surface area contributed by atoms with E-state index in [1.807, 2.05) is 49.5 Å². The second-order valence-corrected chi connectivity index (χ2v) is 10.8. The van der Waals surface area contributed by atoms with Crippen molar-refractivity contribution in [3.63, 3.8) is 0 Å². The highest BCUT2D eigenvalue weighted by molar-refractivity contribution is 7.92. The average molecular weight is 502 g/mol. The van der Waals surface area contributed by atoms with Crippen LogP contribution in [0.2, 0.25) is 0 Å². The lowest BCUT2D eigenvalue weighted by Gasteiger charge is -2.25. The average Bonchev–Trinajstić information content (AvgIpc) is 3.74. The number of carbonyl (C=O) groups excluding carboxylic acids is 1. The van der Waals surface area contributed by atoms with E-state index in [4.69, 9.17) is 4.74 Å². The Kier molecular flexibility index (Phi) is 6.45. The minimum atomic E-state index is -4.03. The molecule has 0 radical (unpaired) electrons. The first-order valence-electron chi connectivity index (χ1n) is 12.0. The molecule has 4 aromatic rings. The molecule has 0 amide bonds. The number of anilines is 1. The fourth-order valence-electron chi connectivity index (χ4n) is 4.26. The van der Waals surface area contributed by atoms with Crippen LogP contribution in [0.25, 0.3) is 10.8 Å². The van der Waals surface area contributed by atoms with E-state index in [1.54, 1.807) is 13.1 Å². The molecule has 0 N–H and O–H groups in total. The van der Waals surface area contributed by atoms with Gasteiger partial charge in [0.15, 0.2) is 0 Å². The molecule has 0 spiro atoms. The van der Waals surface area contributed by atoms with Crippen LogP contribution in [0.3, 0.4) is 0 Å². The van der Waals surface area contributed by atoms with E-state index in [0.29, 0.717) is 23.0 Å². The van der Waals surface area contributed by atoms with Crippen LogP contribution in [0.4, 0.5) is 5.82 Å². The number of carbonyl (C=O) groups is 1. The van der Waals surface area contributed by atoms with Gasteiger partial charge in [0.25, 0.3) is 10.0 Å². The summed E-state index contributed by atoms with van der Waals surface area (Å²) in [5, 5.41) is 1.86. The Hall–Kier alpha value is -3.78. The first-order chi connectivity index (χ1) is 17.4. The Morgan fingerprint density at radius 1 is 1.00 bits per heavy atom. The van der Waals surface area contributed by atoms with Gasteiger partial charge in [0.05, 0.1) is 29.3 Å². The van der Waals surface area contributed by atoms with Gasteiger partial charge in [-0.1, -0.05) is 30.3 Å². The smallest absolute Gasteiger partial charge is 0.338 e. The molecule has 2 aromatic carbocycles. The lowest BCUT2D eigenvalue weighted by molar-refractivity contribution is 0.0526. The lowest BCUT2D eigenvalue weighted by atomic mass is 10.1. The molecule has 2 aromatic heterocycles. The van der Waals surface area contributed by atoms with Crippen molar-refractivity contribution in [2.45, 2.75) is 44.0 Å². The number of benzene rings is 2. The number of nitrogens with zero attached hydrogens (tertiary/aromatic N) is 3. The summed E-state index contributed by atoms with van der Waals surface area (Å²) in [6.45, 7) is 3.87. The fraction of sp³-hybridized carbons (Fsp3) is 0.250. The van der Waals surface area contributed by atoms with Gasteiger partial charge in [0.1, 0.15) is 5.82 Å². The molecule has 36 heavy (non-hydrogen) atoms. The Balaban J connectivity index is 1.56. The Labute approximate surface area is 210 Å². The topological polar surface area (TPSA) is 89.5 Å². The van der Waals surface area contributed by atoms with Gasteiger partial charge in [0.2, 0.25) is 0 Å². The van der Waals surface area contributed by atoms with E-state index in [-0.39, 0.29) is 18.0 Å². The van der Waals surface area contributed by atoms with Crippen molar-refractivity contribution >= 4 is 32.6 Å². The van der Waals surface area contributed by atoms with Crippen LogP contribution in [0.1, 0.15) is 52.9 Å². The highest BCUT2D eigenvalue weighted by Crippen LogP contribution is 2.39. The number of aromatic nitrogens is 2. The maximum atomic E-state index is 14.0. The number of pyridine rings is 2. The quantitative estimate of drug-likeness (QED) is 0.301. The summed E-state index contributed by atoms with van der Waals surface area (Å²) in [7, 11) is -4.03. The van der Waals surface area contributed by atoms with Gasteiger partial charge < -0.3 is 4.74 Å². The summed E-state index contributed by atoms with van der Waals surface area (Å²) < 4.78 is 34.2. The van der Waals surface area contributed by atoms with Crippen molar-refractivity contribution in [3.05, 3.63) is 95.4 Å². The normalized spacial score (nSPS) is 13.5. The molecule has 2 heterocycles. The highest BCUT2D eigenvalue weighted by Gasteiger charge is 2.29. The summed E-state index contributed by atoms with van der Waals surface area (Å²) in [6, 6.07) is 17.4. The molecule has 7 nitrogen and oxygen atoms in total. The van der Waals surface area contributed by atoms with E-state index in [1.165, 1.54) is 47.0 Å². The van der Waals surface area contributed by atoms with E-state index in [9.17, 15) is 13.2 Å². The van der Waals surface area contributed by atoms with Gasteiger partial charge in [-0.05, 0) is 73.9 Å². The summed E-state index contributed by atoms with van der Waals surface area (Å²) in [6.07, 6.45) is 5.87. The van der Waals surface area contributed by atoms with Gasteiger partial charge in [-0.3, -0.25) is 4.98 Å². The summed E-state index contributed by atoms with van der Waals surface area (Å²) in [5.74, 6) is 0.412. The third kappa shape index (κ3) is 4.68. The second-order valence-electron chi connectivity index (χ2n) is 8.91. The van der Waals surface area contributed by atoms with E-state index in [2.05, 4.69) is 9.97 Å². The number of hydrogen-bond acceptors (Lipinski definition) is 6. The largest absolute Gasteiger partial charge is 0.462 e. The van der Waals surface area contributed by atoms with E-state index >= 15 is 0 Å². The molecule has 8 heteroatoms. The molecule has 1 saturated carbocycles. The van der Waals surface area contributed by atoms with Gasteiger partial charge >= 0.3 is 5.97 Å². The fourth-order valence-corrected chi connectivity index (χ4v) is 5.71. The van der Waals surface area contributed by atoms with Crippen LogP contribution in [-0.2, 0) is 21.3 Å². The second kappa shape index (κ2) is 9.70. The van der Waals surface area contributed by atoms with Crippen molar-refractivity contribution in [3.8, 4) is 0 Å². The van der Waals surface area contributed by atoms with Gasteiger partial charge in [-0.25, -0.2) is 22.5 Å². The summed E-state index contributed by atoms with van der Waals surface area (Å²) in [4.78, 5) is 21.2. The molecular weight excluding hydrogens is 474 g/mol. The van der Waals surface area contributed by atoms with Crippen molar-refractivity contribution < 1.29 is 17.9 Å². The molecule has 184 valence electrons. The number of hydrogen-bond donors (Lipinski definition) is 0. The van der Waals surface area contributed by atoms with Crippen LogP contribution >= 0.6 is 0 Å². The minimum Gasteiger partial charge on any atom is -0.462 e. The van der Waals surface area contributed by atoms with Gasteiger partial charge in [0, 0.05) is 23.3 Å². The Bertz CT molecular complexity index is 1510. The predicted octanol–water partition coefficient (Wildman–Crippen LogP) is 5.39. The van der Waals surface area contributed by atoms with Crippen molar-refractivity contribution in [1.82, 2.24) is 9.97 Å². The molecule has 1 fully saturated rings. The molecule has 1 aliphatic carbocycles. The maximum absolute atomic E-state index is 14.0. The lowest BCUT2D eigenvalue weighted by Crippen LogP contribution is -2.32. The molecule has 0 bridgehead atoms. The molecular formula is C28H27N3O4S. The first-order valence-corrected chi connectivity index (χ1v) is 13.4. The zero-order valence-corrected chi connectivity index (χ0v) is 21.0. The van der Waals surface area contributed by atoms with E-state index in [0.717, 1.165) is 16.3 Å². The Morgan fingerprint density at radius 3 is 2.42 bits per heavy atom. The first kappa shape index (κ1) is 23.9. The Morgan fingerprint density at radius 2 is 1.75 bits per heavy atom. The number of ether oxygens (including phenoxy) is 1. The molecule has 1 aliphatic rings. The van der Waals surface area contributed by atoms with Crippen molar-refractivity contribution in [2.75, 3.05) is 10.9 Å². The standard InChI is InChI=1S/C28H27N3O4S/c1-3-35-28(32)21-11-14-25(15-12-21)36(33,34)31(18-24-13-10-22(16-29-24)20-8-9-20)27-19(2)26-7-5-4-6-23(26)17-30-27/h4-7,10-17,20H,3,8-9,18H2,1-2H3. The van der Waals surface area contributed by atoms with Crippen LogP contribution in [0.15, 0.2) is 78.0 Å². The number of rotatable bonds is 8. The van der Waals surface area contributed by atoms with Crippen LogP contribution < -0.4 is 4.31 Å². The molecule has 0 saturated heterocycles. The number of sulfonamides is 1.